The van der Waals surface area contributed by atoms with E-state index in [1.54, 1.807) is 24.3 Å². The number of rotatable bonds is 3. The molecule has 0 aromatic heterocycles. The number of hydrogen-bond donors (Lipinski definition) is 2. The summed E-state index contributed by atoms with van der Waals surface area (Å²) in [6, 6.07) is 6.50. The van der Waals surface area contributed by atoms with Gasteiger partial charge in [-0.15, -0.1) is 0 Å². The molecule has 20 heavy (non-hydrogen) atoms. The highest BCUT2D eigenvalue weighted by Gasteiger charge is 2.19. The van der Waals surface area contributed by atoms with Crippen LogP contribution in [0.2, 0.25) is 0 Å². The molecule has 2 N–H and O–H groups in total. The second-order valence-corrected chi connectivity index (χ2v) is 5.33. The lowest BCUT2D eigenvalue weighted by Gasteiger charge is -2.30. The minimum atomic E-state index is -0.942. The molecule has 1 aliphatic heterocycles. The van der Waals surface area contributed by atoms with Gasteiger partial charge >= 0.3 is 12.0 Å². The summed E-state index contributed by atoms with van der Waals surface area (Å²) in [5.41, 5.74) is 1.15. The van der Waals surface area contributed by atoms with E-state index >= 15 is 0 Å². The van der Waals surface area contributed by atoms with E-state index in [-0.39, 0.29) is 11.6 Å². The Morgan fingerprint density at radius 2 is 1.85 bits per heavy atom. The van der Waals surface area contributed by atoms with Gasteiger partial charge in [0.15, 0.2) is 0 Å². The lowest BCUT2D eigenvalue weighted by Crippen LogP contribution is -2.43. The van der Waals surface area contributed by atoms with Crippen LogP contribution in [-0.4, -0.2) is 35.1 Å². The fraction of sp³-hybridized carbons (Fsp3) is 0.467. The quantitative estimate of drug-likeness (QED) is 0.890. The first-order chi connectivity index (χ1) is 9.56. The van der Waals surface area contributed by atoms with Crippen LogP contribution >= 0.6 is 0 Å². The minimum absolute atomic E-state index is 0.0424. The third-order valence-electron chi connectivity index (χ3n) is 3.72. The second-order valence-electron chi connectivity index (χ2n) is 5.33. The van der Waals surface area contributed by atoms with Gasteiger partial charge in [0.25, 0.3) is 0 Å². The van der Waals surface area contributed by atoms with Crippen molar-refractivity contribution in [3.63, 3.8) is 0 Å². The molecular weight excluding hydrogens is 256 g/mol. The van der Waals surface area contributed by atoms with Crippen LogP contribution in [0.5, 0.6) is 0 Å². The number of benzene rings is 1. The number of nitrogens with zero attached hydrogens (tertiary/aromatic N) is 1. The SMILES string of the molecule is CC1CCN(C(=O)NCc2ccc(C(=O)O)cc2)CC1. The van der Waals surface area contributed by atoms with Gasteiger partial charge in [0.2, 0.25) is 0 Å². The first kappa shape index (κ1) is 14.4. The van der Waals surface area contributed by atoms with Crippen LogP contribution in [0, 0.1) is 5.92 Å². The van der Waals surface area contributed by atoms with Gasteiger partial charge in [-0.05, 0) is 36.5 Å². The van der Waals surface area contributed by atoms with Crippen molar-refractivity contribution in [2.75, 3.05) is 13.1 Å². The molecule has 5 heteroatoms. The Bertz CT molecular complexity index is 476. The number of carbonyl (C=O) groups is 2. The maximum absolute atomic E-state index is 12.0. The predicted octanol–water partition coefficient (Wildman–Crippen LogP) is 2.33. The van der Waals surface area contributed by atoms with Crippen molar-refractivity contribution in [2.24, 2.45) is 5.92 Å². The lowest BCUT2D eigenvalue weighted by atomic mass is 10.00. The zero-order chi connectivity index (χ0) is 14.5. The van der Waals surface area contributed by atoms with E-state index in [0.717, 1.165) is 31.5 Å². The summed E-state index contributed by atoms with van der Waals surface area (Å²) in [7, 11) is 0. The predicted molar refractivity (Wildman–Crippen MR) is 75.6 cm³/mol. The molecule has 1 heterocycles. The number of carboxylic acid groups (broad SMARTS) is 1. The molecule has 1 saturated heterocycles. The maximum Gasteiger partial charge on any atom is 0.335 e. The van der Waals surface area contributed by atoms with E-state index in [1.807, 2.05) is 4.90 Å². The molecule has 2 rings (SSSR count). The number of urea groups is 1. The zero-order valence-corrected chi connectivity index (χ0v) is 11.6. The highest BCUT2D eigenvalue weighted by molar-refractivity contribution is 5.87. The highest BCUT2D eigenvalue weighted by atomic mass is 16.4. The molecule has 0 radical (unpaired) electrons. The molecule has 1 aromatic carbocycles. The summed E-state index contributed by atoms with van der Waals surface area (Å²) in [6.07, 6.45) is 2.11. The van der Waals surface area contributed by atoms with Crippen LogP contribution in [0.4, 0.5) is 4.79 Å². The minimum Gasteiger partial charge on any atom is -0.478 e. The topological polar surface area (TPSA) is 69.6 Å². The normalized spacial score (nSPS) is 15.9. The van der Waals surface area contributed by atoms with E-state index in [1.165, 1.54) is 0 Å². The van der Waals surface area contributed by atoms with Gasteiger partial charge in [-0.1, -0.05) is 19.1 Å². The van der Waals surface area contributed by atoms with Gasteiger partial charge in [0.05, 0.1) is 5.56 Å². The molecule has 0 spiro atoms. The molecule has 1 fully saturated rings. The molecule has 0 saturated carbocycles. The Morgan fingerprint density at radius 1 is 1.25 bits per heavy atom. The van der Waals surface area contributed by atoms with Crippen LogP contribution in [-0.2, 0) is 6.54 Å². The third-order valence-corrected chi connectivity index (χ3v) is 3.72. The standard InChI is InChI=1S/C15H20N2O3/c1-11-6-8-17(9-7-11)15(20)16-10-12-2-4-13(5-3-12)14(18)19/h2-5,11H,6-10H2,1H3,(H,16,20)(H,18,19). The summed E-state index contributed by atoms with van der Waals surface area (Å²) >= 11 is 0. The smallest absolute Gasteiger partial charge is 0.335 e. The summed E-state index contributed by atoms with van der Waals surface area (Å²) in [5.74, 6) is -0.245. The van der Waals surface area contributed by atoms with E-state index in [9.17, 15) is 9.59 Å². The molecule has 0 bridgehead atoms. The second kappa shape index (κ2) is 6.41. The van der Waals surface area contributed by atoms with E-state index in [2.05, 4.69) is 12.2 Å². The fourth-order valence-corrected chi connectivity index (χ4v) is 2.27. The molecule has 0 atom stereocenters. The van der Waals surface area contributed by atoms with Crippen LogP contribution in [0.15, 0.2) is 24.3 Å². The molecule has 0 aliphatic carbocycles. The van der Waals surface area contributed by atoms with Crippen molar-refractivity contribution >= 4 is 12.0 Å². The monoisotopic (exact) mass is 276 g/mol. The van der Waals surface area contributed by atoms with Crippen molar-refractivity contribution in [3.8, 4) is 0 Å². The Morgan fingerprint density at radius 3 is 2.40 bits per heavy atom. The van der Waals surface area contributed by atoms with E-state index < -0.39 is 5.97 Å². The van der Waals surface area contributed by atoms with Crippen LogP contribution < -0.4 is 5.32 Å². The maximum atomic E-state index is 12.0. The third kappa shape index (κ3) is 3.73. The Kier molecular flexibility index (Phi) is 4.61. The lowest BCUT2D eigenvalue weighted by molar-refractivity contribution is 0.0697. The largest absolute Gasteiger partial charge is 0.478 e. The highest BCUT2D eigenvalue weighted by Crippen LogP contribution is 2.15. The van der Waals surface area contributed by atoms with E-state index in [4.69, 9.17) is 5.11 Å². The number of likely N-dealkylation sites (tertiary alicyclic amines) is 1. The average Bonchev–Trinajstić information content (AvgIpc) is 2.46. The average molecular weight is 276 g/mol. The van der Waals surface area contributed by atoms with Crippen molar-refractivity contribution in [3.05, 3.63) is 35.4 Å². The van der Waals surface area contributed by atoms with Gasteiger partial charge in [0, 0.05) is 19.6 Å². The summed E-state index contributed by atoms with van der Waals surface area (Å²) < 4.78 is 0. The Hall–Kier alpha value is -2.04. The summed E-state index contributed by atoms with van der Waals surface area (Å²) in [4.78, 5) is 24.5. The molecule has 0 unspecified atom stereocenters. The number of amides is 2. The molecular formula is C15H20N2O3. The van der Waals surface area contributed by atoms with Crippen molar-refractivity contribution in [1.29, 1.82) is 0 Å². The summed E-state index contributed by atoms with van der Waals surface area (Å²) in [5, 5.41) is 11.7. The molecule has 1 aromatic rings. The van der Waals surface area contributed by atoms with Crippen LogP contribution in [0.1, 0.15) is 35.7 Å². The number of aromatic carboxylic acids is 1. The first-order valence-corrected chi connectivity index (χ1v) is 6.91. The zero-order valence-electron chi connectivity index (χ0n) is 11.6. The number of hydrogen-bond acceptors (Lipinski definition) is 2. The van der Waals surface area contributed by atoms with Crippen molar-refractivity contribution < 1.29 is 14.7 Å². The number of nitrogens with one attached hydrogen (secondary N) is 1. The van der Waals surface area contributed by atoms with Crippen LogP contribution in [0.3, 0.4) is 0 Å². The Balaban J connectivity index is 1.82. The molecule has 108 valence electrons. The van der Waals surface area contributed by atoms with Gasteiger partial charge in [-0.25, -0.2) is 9.59 Å². The van der Waals surface area contributed by atoms with E-state index in [0.29, 0.717) is 12.5 Å². The Labute approximate surface area is 118 Å². The van der Waals surface area contributed by atoms with Gasteiger partial charge in [0.1, 0.15) is 0 Å². The van der Waals surface area contributed by atoms with Crippen molar-refractivity contribution in [1.82, 2.24) is 10.2 Å². The van der Waals surface area contributed by atoms with Crippen LogP contribution in [0.25, 0.3) is 0 Å². The molecule has 1 aliphatic rings. The fourth-order valence-electron chi connectivity index (χ4n) is 2.27. The number of carboxylic acids is 1. The summed E-state index contributed by atoms with van der Waals surface area (Å²) in [6.45, 7) is 4.25. The van der Waals surface area contributed by atoms with Gasteiger partial charge in [-0.2, -0.15) is 0 Å². The van der Waals surface area contributed by atoms with Gasteiger partial charge in [-0.3, -0.25) is 0 Å². The number of piperidine rings is 1. The van der Waals surface area contributed by atoms with Crippen molar-refractivity contribution in [2.45, 2.75) is 26.3 Å². The van der Waals surface area contributed by atoms with Gasteiger partial charge < -0.3 is 15.3 Å². The molecule has 5 nitrogen and oxygen atoms in total. The first-order valence-electron chi connectivity index (χ1n) is 6.91. The molecule has 2 amide bonds. The number of carbonyl (C=O) groups excluding carboxylic acids is 1.